The fourth-order valence-electron chi connectivity index (χ4n) is 4.50. The monoisotopic (exact) mass is 368 g/mol. The number of ether oxygens (including phenoxy) is 1. The first-order valence-corrected chi connectivity index (χ1v) is 9.50. The van der Waals surface area contributed by atoms with Gasteiger partial charge in [0.2, 0.25) is 5.91 Å². The average Bonchev–Trinajstić information content (AvgIpc) is 2.68. The Hall–Kier alpha value is -2.40. The molecule has 0 radical (unpaired) electrons. The number of likely N-dealkylation sites (tertiary alicyclic amines) is 1. The lowest BCUT2D eigenvalue weighted by Crippen LogP contribution is -2.74. The van der Waals surface area contributed by atoms with E-state index in [2.05, 4.69) is 4.90 Å². The van der Waals surface area contributed by atoms with Crippen molar-refractivity contribution in [1.29, 1.82) is 0 Å². The number of piperidine rings is 1. The van der Waals surface area contributed by atoms with E-state index in [1.165, 1.54) is 6.07 Å². The normalized spacial score (nSPS) is 21.2. The van der Waals surface area contributed by atoms with E-state index in [9.17, 15) is 9.18 Å². The van der Waals surface area contributed by atoms with Crippen LogP contribution in [0.15, 0.2) is 54.6 Å². The SMILES string of the molecule is CO[C@H]1CN(c2cccc(F)c2)C12CCN(C(=O)Cc1ccccc1)CC2. The summed E-state index contributed by atoms with van der Waals surface area (Å²) in [5.41, 5.74) is 1.79. The number of hydrogen-bond acceptors (Lipinski definition) is 3. The van der Waals surface area contributed by atoms with Crippen LogP contribution in [0.25, 0.3) is 0 Å². The van der Waals surface area contributed by atoms with Crippen molar-refractivity contribution < 1.29 is 13.9 Å². The lowest BCUT2D eigenvalue weighted by molar-refractivity contribution is -0.134. The summed E-state index contributed by atoms with van der Waals surface area (Å²) in [6, 6.07) is 16.6. The van der Waals surface area contributed by atoms with Gasteiger partial charge in [-0.05, 0) is 36.6 Å². The summed E-state index contributed by atoms with van der Waals surface area (Å²) in [6.45, 7) is 2.17. The molecule has 27 heavy (non-hydrogen) atoms. The molecule has 0 saturated carbocycles. The second kappa shape index (κ2) is 7.31. The number of carbonyl (C=O) groups is 1. The van der Waals surface area contributed by atoms with Gasteiger partial charge in [0.1, 0.15) is 5.82 Å². The molecule has 2 aromatic rings. The maximum Gasteiger partial charge on any atom is 0.226 e. The minimum Gasteiger partial charge on any atom is -0.377 e. The predicted molar refractivity (Wildman–Crippen MR) is 103 cm³/mol. The number of nitrogens with zero attached hydrogens (tertiary/aromatic N) is 2. The van der Waals surface area contributed by atoms with Crippen LogP contribution in [0.5, 0.6) is 0 Å². The highest BCUT2D eigenvalue weighted by atomic mass is 19.1. The van der Waals surface area contributed by atoms with Crippen molar-refractivity contribution in [3.8, 4) is 0 Å². The van der Waals surface area contributed by atoms with Crippen LogP contribution in [0.1, 0.15) is 18.4 Å². The number of carbonyl (C=O) groups excluding carboxylic acids is 1. The van der Waals surface area contributed by atoms with Gasteiger partial charge in [-0.15, -0.1) is 0 Å². The highest BCUT2D eigenvalue weighted by molar-refractivity contribution is 5.79. The van der Waals surface area contributed by atoms with E-state index in [0.29, 0.717) is 19.5 Å². The molecular weight excluding hydrogens is 343 g/mol. The van der Waals surface area contributed by atoms with Crippen molar-refractivity contribution in [2.75, 3.05) is 31.6 Å². The molecule has 2 saturated heterocycles. The topological polar surface area (TPSA) is 32.8 Å². The molecule has 0 aromatic heterocycles. The molecule has 1 amide bonds. The molecule has 4 rings (SSSR count). The molecule has 2 aromatic carbocycles. The van der Waals surface area contributed by atoms with Gasteiger partial charge < -0.3 is 14.5 Å². The maximum absolute atomic E-state index is 13.7. The molecule has 2 aliphatic heterocycles. The summed E-state index contributed by atoms with van der Waals surface area (Å²) in [6.07, 6.45) is 2.23. The van der Waals surface area contributed by atoms with E-state index >= 15 is 0 Å². The second-order valence-corrected chi connectivity index (χ2v) is 7.46. The summed E-state index contributed by atoms with van der Waals surface area (Å²) >= 11 is 0. The average molecular weight is 368 g/mol. The van der Waals surface area contributed by atoms with Crippen LogP contribution in [-0.4, -0.2) is 49.2 Å². The van der Waals surface area contributed by atoms with Crippen molar-refractivity contribution >= 4 is 11.6 Å². The number of anilines is 1. The molecule has 0 aliphatic carbocycles. The molecule has 0 bridgehead atoms. The van der Waals surface area contributed by atoms with Gasteiger partial charge in [-0.2, -0.15) is 0 Å². The van der Waals surface area contributed by atoms with Gasteiger partial charge in [0.25, 0.3) is 0 Å². The van der Waals surface area contributed by atoms with Crippen LogP contribution in [0.2, 0.25) is 0 Å². The molecule has 2 heterocycles. The van der Waals surface area contributed by atoms with E-state index in [1.807, 2.05) is 41.3 Å². The fraction of sp³-hybridized carbons (Fsp3) is 0.409. The van der Waals surface area contributed by atoms with Gasteiger partial charge in [0, 0.05) is 32.4 Å². The zero-order chi connectivity index (χ0) is 18.9. The Bertz CT molecular complexity index is 803. The number of hydrogen-bond donors (Lipinski definition) is 0. The molecule has 4 nitrogen and oxygen atoms in total. The minimum absolute atomic E-state index is 0.118. The van der Waals surface area contributed by atoms with Crippen molar-refractivity contribution in [3.63, 3.8) is 0 Å². The summed E-state index contributed by atoms with van der Waals surface area (Å²) < 4.78 is 19.4. The van der Waals surface area contributed by atoms with E-state index in [0.717, 1.165) is 30.6 Å². The van der Waals surface area contributed by atoms with Crippen LogP contribution < -0.4 is 4.90 Å². The standard InChI is InChI=1S/C22H25FN2O2/c1-27-20-16-25(19-9-5-8-18(23)15-19)22(20)10-12-24(13-11-22)21(26)14-17-6-3-2-4-7-17/h2-9,15,20H,10-14,16H2,1H3/t20-/m0/s1. The van der Waals surface area contributed by atoms with Gasteiger partial charge in [-0.3, -0.25) is 4.79 Å². The fourth-order valence-corrected chi connectivity index (χ4v) is 4.50. The van der Waals surface area contributed by atoms with Crippen LogP contribution in [0.3, 0.4) is 0 Å². The molecule has 1 atom stereocenters. The zero-order valence-corrected chi connectivity index (χ0v) is 15.6. The predicted octanol–water partition coefficient (Wildman–Crippen LogP) is 3.26. The lowest BCUT2D eigenvalue weighted by atomic mass is 9.73. The van der Waals surface area contributed by atoms with Crippen molar-refractivity contribution in [1.82, 2.24) is 4.90 Å². The second-order valence-electron chi connectivity index (χ2n) is 7.46. The summed E-state index contributed by atoms with van der Waals surface area (Å²) in [7, 11) is 1.74. The first kappa shape index (κ1) is 18.0. The van der Waals surface area contributed by atoms with E-state index in [4.69, 9.17) is 4.74 Å². The third-order valence-electron chi connectivity index (χ3n) is 6.07. The number of methoxy groups -OCH3 is 1. The van der Waals surface area contributed by atoms with Gasteiger partial charge in [0.05, 0.1) is 18.1 Å². The van der Waals surface area contributed by atoms with E-state index < -0.39 is 0 Å². The summed E-state index contributed by atoms with van der Waals surface area (Å²) in [5.74, 6) is -0.0550. The van der Waals surface area contributed by atoms with Crippen LogP contribution in [0.4, 0.5) is 10.1 Å². The van der Waals surface area contributed by atoms with E-state index in [1.54, 1.807) is 19.2 Å². The van der Waals surface area contributed by atoms with Gasteiger partial charge in [-0.1, -0.05) is 36.4 Å². The maximum atomic E-state index is 13.7. The zero-order valence-electron chi connectivity index (χ0n) is 15.6. The highest BCUT2D eigenvalue weighted by Gasteiger charge is 2.55. The molecule has 2 fully saturated rings. The van der Waals surface area contributed by atoms with Gasteiger partial charge in [0.15, 0.2) is 0 Å². The summed E-state index contributed by atoms with van der Waals surface area (Å²) in [4.78, 5) is 16.9. The largest absolute Gasteiger partial charge is 0.377 e. The molecule has 0 N–H and O–H groups in total. The number of halogens is 1. The molecule has 5 heteroatoms. The number of benzene rings is 2. The highest BCUT2D eigenvalue weighted by Crippen LogP contribution is 2.44. The minimum atomic E-state index is -0.223. The van der Waals surface area contributed by atoms with Crippen molar-refractivity contribution in [2.24, 2.45) is 0 Å². The quantitative estimate of drug-likeness (QED) is 0.830. The third kappa shape index (κ3) is 3.32. The van der Waals surface area contributed by atoms with Crippen molar-refractivity contribution in [3.05, 3.63) is 66.0 Å². The van der Waals surface area contributed by atoms with Crippen molar-refractivity contribution in [2.45, 2.75) is 30.9 Å². The van der Waals surface area contributed by atoms with Crippen LogP contribution in [-0.2, 0) is 16.0 Å². The molecule has 142 valence electrons. The Labute approximate surface area is 159 Å². The first-order chi connectivity index (χ1) is 13.1. The number of amides is 1. The Morgan fingerprint density at radius 2 is 1.89 bits per heavy atom. The van der Waals surface area contributed by atoms with Gasteiger partial charge in [-0.25, -0.2) is 4.39 Å². The Kier molecular flexibility index (Phi) is 4.87. The smallest absolute Gasteiger partial charge is 0.226 e. The Morgan fingerprint density at radius 1 is 1.15 bits per heavy atom. The van der Waals surface area contributed by atoms with Crippen LogP contribution in [0, 0.1) is 5.82 Å². The molecule has 1 spiro atoms. The third-order valence-corrected chi connectivity index (χ3v) is 6.07. The molecule has 0 unspecified atom stereocenters. The Morgan fingerprint density at radius 3 is 2.56 bits per heavy atom. The Balaban J connectivity index is 1.45. The molecule has 2 aliphatic rings. The molecular formula is C22H25FN2O2. The van der Waals surface area contributed by atoms with Gasteiger partial charge >= 0.3 is 0 Å². The van der Waals surface area contributed by atoms with E-state index in [-0.39, 0.29) is 23.4 Å². The van der Waals surface area contributed by atoms with Crippen LogP contribution >= 0.6 is 0 Å². The first-order valence-electron chi connectivity index (χ1n) is 9.50. The lowest BCUT2D eigenvalue weighted by Gasteiger charge is -2.61. The summed E-state index contributed by atoms with van der Waals surface area (Å²) in [5, 5.41) is 0. The number of rotatable bonds is 4.